The molecule has 0 spiro atoms. The third-order valence-electron chi connectivity index (χ3n) is 3.99. The normalized spacial score (nSPS) is 26.9. The van der Waals surface area contributed by atoms with E-state index in [4.69, 9.17) is 4.42 Å². The zero-order valence-corrected chi connectivity index (χ0v) is 11.1. The molecule has 1 aromatic heterocycles. The first-order chi connectivity index (χ1) is 8.29. The van der Waals surface area contributed by atoms with Gasteiger partial charge < -0.3 is 9.73 Å². The van der Waals surface area contributed by atoms with Gasteiger partial charge in [0.1, 0.15) is 5.76 Å². The van der Waals surface area contributed by atoms with Crippen molar-refractivity contribution in [3.05, 3.63) is 24.2 Å². The second-order valence-corrected chi connectivity index (χ2v) is 5.52. The molecule has 0 aliphatic heterocycles. The van der Waals surface area contributed by atoms with E-state index in [0.717, 1.165) is 30.6 Å². The Morgan fingerprint density at radius 2 is 2.35 bits per heavy atom. The van der Waals surface area contributed by atoms with Gasteiger partial charge in [-0.2, -0.15) is 0 Å². The molecule has 1 aliphatic carbocycles. The summed E-state index contributed by atoms with van der Waals surface area (Å²) in [6, 6.07) is 4.44. The first-order valence-electron chi connectivity index (χ1n) is 7.06. The maximum absolute atomic E-state index is 5.49. The molecule has 96 valence electrons. The van der Waals surface area contributed by atoms with E-state index in [2.05, 4.69) is 25.2 Å². The van der Waals surface area contributed by atoms with Gasteiger partial charge in [-0.15, -0.1) is 0 Å². The average molecular weight is 235 g/mol. The van der Waals surface area contributed by atoms with Gasteiger partial charge in [-0.1, -0.05) is 26.7 Å². The molecular weight excluding hydrogens is 210 g/mol. The average Bonchev–Trinajstić information content (AvgIpc) is 2.84. The molecule has 1 N–H and O–H groups in total. The highest BCUT2D eigenvalue weighted by molar-refractivity contribution is 5.04. The molecular formula is C15H25NO. The molecule has 1 heterocycles. The topological polar surface area (TPSA) is 25.2 Å². The van der Waals surface area contributed by atoms with Crippen molar-refractivity contribution in [2.75, 3.05) is 6.54 Å². The smallest absolute Gasteiger partial charge is 0.120 e. The third-order valence-corrected chi connectivity index (χ3v) is 3.99. The van der Waals surface area contributed by atoms with E-state index in [1.807, 2.05) is 6.07 Å². The molecule has 0 bridgehead atoms. The van der Waals surface area contributed by atoms with Crippen LogP contribution >= 0.6 is 0 Å². The van der Waals surface area contributed by atoms with Crippen LogP contribution in [0.15, 0.2) is 22.8 Å². The number of rotatable bonds is 5. The van der Waals surface area contributed by atoms with Crippen molar-refractivity contribution in [3.8, 4) is 0 Å². The number of hydrogen-bond acceptors (Lipinski definition) is 2. The largest absolute Gasteiger partial charge is 0.468 e. The lowest BCUT2D eigenvalue weighted by atomic mass is 9.82. The Labute approximate surface area is 105 Å². The Morgan fingerprint density at radius 3 is 3.00 bits per heavy atom. The lowest BCUT2D eigenvalue weighted by molar-refractivity contribution is 0.260. The summed E-state index contributed by atoms with van der Waals surface area (Å²) in [5, 5.41) is 3.67. The lowest BCUT2D eigenvalue weighted by Gasteiger charge is -2.28. The van der Waals surface area contributed by atoms with E-state index in [1.165, 1.54) is 25.7 Å². The summed E-state index contributed by atoms with van der Waals surface area (Å²) < 4.78 is 5.49. The molecule has 1 aromatic rings. The van der Waals surface area contributed by atoms with Gasteiger partial charge in [0, 0.05) is 0 Å². The van der Waals surface area contributed by atoms with Gasteiger partial charge in [0.15, 0.2) is 0 Å². The van der Waals surface area contributed by atoms with Gasteiger partial charge >= 0.3 is 0 Å². The van der Waals surface area contributed by atoms with Crippen LogP contribution in [0.1, 0.15) is 57.8 Å². The van der Waals surface area contributed by atoms with E-state index in [1.54, 1.807) is 6.26 Å². The van der Waals surface area contributed by atoms with Crippen molar-refractivity contribution in [1.82, 2.24) is 5.32 Å². The van der Waals surface area contributed by atoms with Crippen LogP contribution in [0.5, 0.6) is 0 Å². The highest BCUT2D eigenvalue weighted by atomic mass is 16.3. The molecule has 0 radical (unpaired) electrons. The van der Waals surface area contributed by atoms with Crippen LogP contribution in [0, 0.1) is 11.8 Å². The van der Waals surface area contributed by atoms with Crippen molar-refractivity contribution in [2.24, 2.45) is 11.8 Å². The molecule has 2 heteroatoms. The van der Waals surface area contributed by atoms with Crippen molar-refractivity contribution in [2.45, 2.75) is 52.0 Å². The maximum atomic E-state index is 5.49. The minimum absolute atomic E-state index is 0.391. The summed E-state index contributed by atoms with van der Waals surface area (Å²) in [7, 11) is 0. The van der Waals surface area contributed by atoms with Crippen molar-refractivity contribution in [1.29, 1.82) is 0 Å². The van der Waals surface area contributed by atoms with Gasteiger partial charge in [-0.3, -0.25) is 0 Å². The molecule has 0 saturated heterocycles. The fourth-order valence-corrected chi connectivity index (χ4v) is 2.99. The Bertz CT molecular complexity index is 307. The second-order valence-electron chi connectivity index (χ2n) is 5.52. The quantitative estimate of drug-likeness (QED) is 0.829. The number of furan rings is 1. The first kappa shape index (κ1) is 12.7. The second kappa shape index (κ2) is 6.25. The van der Waals surface area contributed by atoms with Gasteiger partial charge in [-0.25, -0.2) is 0 Å². The predicted octanol–water partition coefficient (Wildman–Crippen LogP) is 4.15. The Kier molecular flexibility index (Phi) is 4.66. The van der Waals surface area contributed by atoms with Crippen LogP contribution in [0.4, 0.5) is 0 Å². The Hall–Kier alpha value is -0.760. The van der Waals surface area contributed by atoms with Crippen LogP contribution in [0.25, 0.3) is 0 Å². The predicted molar refractivity (Wildman–Crippen MR) is 70.9 cm³/mol. The van der Waals surface area contributed by atoms with E-state index in [0.29, 0.717) is 6.04 Å². The third kappa shape index (κ3) is 3.60. The molecule has 0 aromatic carbocycles. The van der Waals surface area contributed by atoms with E-state index >= 15 is 0 Å². The van der Waals surface area contributed by atoms with Crippen LogP contribution in [0.3, 0.4) is 0 Å². The minimum atomic E-state index is 0.391. The SMILES string of the molecule is CCC(NCC1CCCC(C)C1)c1ccco1. The number of nitrogens with one attached hydrogen (secondary N) is 1. The van der Waals surface area contributed by atoms with Gasteiger partial charge in [-0.05, 0) is 49.8 Å². The molecule has 0 amide bonds. The fraction of sp³-hybridized carbons (Fsp3) is 0.733. The van der Waals surface area contributed by atoms with Crippen molar-refractivity contribution in [3.63, 3.8) is 0 Å². The molecule has 17 heavy (non-hydrogen) atoms. The minimum Gasteiger partial charge on any atom is -0.468 e. The summed E-state index contributed by atoms with van der Waals surface area (Å²) in [5.74, 6) is 2.86. The van der Waals surface area contributed by atoms with Gasteiger partial charge in [0.05, 0.1) is 12.3 Å². The lowest BCUT2D eigenvalue weighted by Crippen LogP contribution is -2.29. The number of hydrogen-bond donors (Lipinski definition) is 1. The maximum Gasteiger partial charge on any atom is 0.120 e. The van der Waals surface area contributed by atoms with Crippen molar-refractivity contribution >= 4 is 0 Å². The Morgan fingerprint density at radius 1 is 1.47 bits per heavy atom. The first-order valence-corrected chi connectivity index (χ1v) is 7.06. The molecule has 3 atom stereocenters. The summed E-state index contributed by atoms with van der Waals surface area (Å²) in [6.07, 6.45) is 8.47. The zero-order chi connectivity index (χ0) is 12.1. The van der Waals surface area contributed by atoms with Crippen molar-refractivity contribution < 1.29 is 4.42 Å². The van der Waals surface area contributed by atoms with Crippen LogP contribution in [0.2, 0.25) is 0 Å². The fourth-order valence-electron chi connectivity index (χ4n) is 2.99. The summed E-state index contributed by atoms with van der Waals surface area (Å²) in [5.41, 5.74) is 0. The van der Waals surface area contributed by atoms with E-state index < -0.39 is 0 Å². The standard InChI is InChI=1S/C15H25NO/c1-3-14(15-8-5-9-17-15)16-11-13-7-4-6-12(2)10-13/h5,8-9,12-14,16H,3-4,6-7,10-11H2,1-2H3. The van der Waals surface area contributed by atoms with Gasteiger partial charge in [0.25, 0.3) is 0 Å². The van der Waals surface area contributed by atoms with Crippen LogP contribution in [-0.4, -0.2) is 6.54 Å². The molecule has 1 aliphatic rings. The molecule has 2 rings (SSSR count). The Balaban J connectivity index is 1.80. The highest BCUT2D eigenvalue weighted by Gasteiger charge is 2.20. The molecule has 2 nitrogen and oxygen atoms in total. The summed E-state index contributed by atoms with van der Waals surface area (Å²) >= 11 is 0. The summed E-state index contributed by atoms with van der Waals surface area (Å²) in [6.45, 7) is 5.74. The van der Waals surface area contributed by atoms with E-state index in [9.17, 15) is 0 Å². The highest BCUT2D eigenvalue weighted by Crippen LogP contribution is 2.28. The van der Waals surface area contributed by atoms with Crippen LogP contribution in [-0.2, 0) is 0 Å². The summed E-state index contributed by atoms with van der Waals surface area (Å²) in [4.78, 5) is 0. The zero-order valence-electron chi connectivity index (χ0n) is 11.1. The molecule has 1 fully saturated rings. The van der Waals surface area contributed by atoms with Crippen LogP contribution < -0.4 is 5.32 Å². The van der Waals surface area contributed by atoms with E-state index in [-0.39, 0.29) is 0 Å². The van der Waals surface area contributed by atoms with Gasteiger partial charge in [0.2, 0.25) is 0 Å². The molecule has 3 unspecified atom stereocenters. The monoisotopic (exact) mass is 235 g/mol. The molecule has 1 saturated carbocycles.